The number of phenolic OH excluding ortho intramolecular Hbond substituents is 1. The zero-order chi connectivity index (χ0) is 19.9. The number of benzene rings is 1. The summed E-state index contributed by atoms with van der Waals surface area (Å²) in [5, 5.41) is 29.5. The van der Waals surface area contributed by atoms with Crippen molar-refractivity contribution >= 4 is 5.78 Å². The summed E-state index contributed by atoms with van der Waals surface area (Å²) >= 11 is 0. The number of ketones is 1. The maximum atomic E-state index is 12.8. The number of hydrogen-bond donors (Lipinski definition) is 3. The summed E-state index contributed by atoms with van der Waals surface area (Å²) in [6, 6.07) is 3.77. The van der Waals surface area contributed by atoms with Crippen molar-refractivity contribution in [1.82, 2.24) is 0 Å². The lowest BCUT2D eigenvalue weighted by molar-refractivity contribution is -0.950. The van der Waals surface area contributed by atoms with Gasteiger partial charge in [0.05, 0.1) is 25.6 Å². The second-order valence-electron chi connectivity index (χ2n) is 9.61. The number of aromatic hydroxyl groups is 1. The molecule has 2 heterocycles. The molecule has 1 aromatic carbocycles. The summed E-state index contributed by atoms with van der Waals surface area (Å²) in [5.74, 6) is 1.42. The molecule has 1 aromatic rings. The van der Waals surface area contributed by atoms with Crippen molar-refractivity contribution in [3.63, 3.8) is 0 Å². The molecule has 160 valence electrons. The minimum Gasteiger partial charge on any atom is -1.00 e. The maximum Gasteiger partial charge on any atom is 0.174 e. The van der Waals surface area contributed by atoms with Crippen LogP contribution in [0.2, 0.25) is 0 Å². The number of halogens is 1. The van der Waals surface area contributed by atoms with E-state index in [4.69, 9.17) is 9.84 Å². The van der Waals surface area contributed by atoms with E-state index in [1.807, 2.05) is 6.07 Å². The number of aliphatic hydroxyl groups is 2. The molecule has 0 unspecified atom stereocenters. The Kier molecular flexibility index (Phi) is 4.85. The molecule has 0 amide bonds. The fraction of sp³-hybridized carbons (Fsp3) is 0.682. The molecule has 1 spiro atoms. The maximum absolute atomic E-state index is 12.8. The van der Waals surface area contributed by atoms with Crippen LogP contribution >= 0.6 is 0 Å². The Morgan fingerprint density at radius 2 is 1.97 bits per heavy atom. The summed E-state index contributed by atoms with van der Waals surface area (Å²) < 4.78 is 6.98. The highest BCUT2D eigenvalue weighted by atomic mass is 79.9. The van der Waals surface area contributed by atoms with Crippen LogP contribution in [0.3, 0.4) is 0 Å². The number of carbonyl (C=O) groups is 1. The molecule has 7 heteroatoms. The third-order valence-electron chi connectivity index (χ3n) is 8.28. The average Bonchev–Trinajstić information content (AvgIpc) is 3.41. The quantitative estimate of drug-likeness (QED) is 0.450. The van der Waals surface area contributed by atoms with Crippen LogP contribution in [-0.4, -0.2) is 70.6 Å². The summed E-state index contributed by atoms with van der Waals surface area (Å²) in [6.45, 7) is 2.09. The minimum atomic E-state index is -0.931. The molecule has 0 radical (unpaired) electrons. The number of nitrogens with zero attached hydrogens (tertiary/aromatic N) is 1. The minimum absolute atomic E-state index is 0. The summed E-state index contributed by atoms with van der Waals surface area (Å²) in [5.41, 5.74) is 0.492. The van der Waals surface area contributed by atoms with Crippen LogP contribution in [0.5, 0.6) is 11.5 Å². The van der Waals surface area contributed by atoms with Crippen molar-refractivity contribution in [3.05, 3.63) is 23.3 Å². The van der Waals surface area contributed by atoms with Crippen LogP contribution in [0.15, 0.2) is 12.1 Å². The van der Waals surface area contributed by atoms with Crippen molar-refractivity contribution in [2.24, 2.45) is 5.92 Å². The number of rotatable bonds is 2. The Labute approximate surface area is 181 Å². The first-order chi connectivity index (χ1) is 13.4. The van der Waals surface area contributed by atoms with E-state index in [0.717, 1.165) is 54.6 Å². The smallest absolute Gasteiger partial charge is 0.174 e. The van der Waals surface area contributed by atoms with E-state index in [1.54, 1.807) is 6.07 Å². The number of likely N-dealkylation sites (tertiary alicyclic amines) is 1. The van der Waals surface area contributed by atoms with Gasteiger partial charge in [0.2, 0.25) is 0 Å². The highest BCUT2D eigenvalue weighted by molar-refractivity contribution is 5.90. The molecule has 0 aromatic heterocycles. The van der Waals surface area contributed by atoms with E-state index >= 15 is 0 Å². The van der Waals surface area contributed by atoms with Gasteiger partial charge in [0, 0.05) is 37.9 Å². The van der Waals surface area contributed by atoms with Crippen LogP contribution in [0, 0.1) is 5.92 Å². The van der Waals surface area contributed by atoms with Gasteiger partial charge in [-0.25, -0.2) is 0 Å². The molecule has 2 bridgehead atoms. The molecule has 6 nitrogen and oxygen atoms in total. The van der Waals surface area contributed by atoms with Gasteiger partial charge in [-0.15, -0.1) is 0 Å². The molecule has 3 fully saturated rings. The van der Waals surface area contributed by atoms with Gasteiger partial charge >= 0.3 is 0 Å². The molecule has 29 heavy (non-hydrogen) atoms. The van der Waals surface area contributed by atoms with E-state index in [0.29, 0.717) is 18.6 Å². The first-order valence-corrected chi connectivity index (χ1v) is 10.5. The van der Waals surface area contributed by atoms with Crippen LogP contribution in [0.25, 0.3) is 0 Å². The monoisotopic (exact) mass is 467 g/mol. The van der Waals surface area contributed by atoms with Crippen LogP contribution in [-0.2, 0) is 16.6 Å². The topological polar surface area (TPSA) is 87.0 Å². The highest BCUT2D eigenvalue weighted by Crippen LogP contribution is 2.65. The molecule has 2 saturated carbocycles. The van der Waals surface area contributed by atoms with Gasteiger partial charge < -0.3 is 41.5 Å². The fourth-order valence-electron chi connectivity index (χ4n) is 6.94. The Balaban J connectivity index is 0.000000664. The Morgan fingerprint density at radius 3 is 2.66 bits per heavy atom. The van der Waals surface area contributed by atoms with Gasteiger partial charge in [0.25, 0.3) is 0 Å². The third kappa shape index (κ3) is 2.47. The first-order valence-electron chi connectivity index (χ1n) is 10.5. The van der Waals surface area contributed by atoms with E-state index in [2.05, 4.69) is 7.05 Å². The SMILES string of the molecule is CO.C[N@+]1(CC2CC2)CC[C@]23c4c5ccc(O)c4O[C@H]2C(=O)CC[C@@]3(O)[C@H]1C5.[Br-]. The molecular weight excluding hydrogens is 438 g/mol. The predicted octanol–water partition coefficient (Wildman–Crippen LogP) is -1.72. The van der Waals surface area contributed by atoms with Gasteiger partial charge in [-0.05, 0) is 30.9 Å². The van der Waals surface area contributed by atoms with Crippen molar-refractivity contribution in [1.29, 1.82) is 0 Å². The van der Waals surface area contributed by atoms with Gasteiger partial charge in [-0.1, -0.05) is 6.07 Å². The van der Waals surface area contributed by atoms with Gasteiger partial charge in [0.15, 0.2) is 23.4 Å². The van der Waals surface area contributed by atoms with Crippen molar-refractivity contribution in [2.45, 2.75) is 61.7 Å². The number of Topliss-reactive ketones (excluding diaryl/α,β-unsaturated/α-hetero) is 1. The summed E-state index contributed by atoms with van der Waals surface area (Å²) in [6.07, 6.45) is 4.42. The number of carbonyl (C=O) groups excluding carboxylic acids is 1. The molecule has 3 N–H and O–H groups in total. The fourth-order valence-corrected chi connectivity index (χ4v) is 6.94. The normalized spacial score (nSPS) is 40.8. The van der Waals surface area contributed by atoms with Gasteiger partial charge in [0.1, 0.15) is 11.6 Å². The largest absolute Gasteiger partial charge is 1.00 e. The van der Waals surface area contributed by atoms with Crippen LogP contribution < -0.4 is 21.7 Å². The van der Waals surface area contributed by atoms with Crippen LogP contribution in [0.1, 0.15) is 43.2 Å². The lowest BCUT2D eigenvalue weighted by atomic mass is 9.48. The van der Waals surface area contributed by atoms with E-state index in [9.17, 15) is 15.0 Å². The Hall–Kier alpha value is -1.15. The first kappa shape index (κ1) is 21.1. The number of ether oxygens (including phenoxy) is 1. The van der Waals surface area contributed by atoms with E-state index in [1.165, 1.54) is 12.8 Å². The van der Waals surface area contributed by atoms with Gasteiger partial charge in [-0.3, -0.25) is 4.79 Å². The van der Waals surface area contributed by atoms with E-state index < -0.39 is 17.1 Å². The molecule has 2 aliphatic heterocycles. The second kappa shape index (κ2) is 6.67. The average molecular weight is 468 g/mol. The predicted molar refractivity (Wildman–Crippen MR) is 102 cm³/mol. The number of piperidine rings is 1. The van der Waals surface area contributed by atoms with Gasteiger partial charge in [-0.2, -0.15) is 0 Å². The second-order valence-corrected chi connectivity index (χ2v) is 9.61. The van der Waals surface area contributed by atoms with Crippen molar-refractivity contribution in [2.75, 3.05) is 27.2 Å². The third-order valence-corrected chi connectivity index (χ3v) is 8.28. The highest BCUT2D eigenvalue weighted by Gasteiger charge is 2.76. The van der Waals surface area contributed by atoms with E-state index in [-0.39, 0.29) is 34.6 Å². The molecule has 3 aliphatic carbocycles. The molecule has 1 saturated heterocycles. The number of hydrogen-bond acceptors (Lipinski definition) is 5. The number of likely N-dealkylation sites (N-methyl/N-ethyl adjacent to an activating group) is 1. The summed E-state index contributed by atoms with van der Waals surface area (Å²) in [4.78, 5) is 12.8. The molecule has 5 aliphatic rings. The lowest BCUT2D eigenvalue weighted by Gasteiger charge is -2.64. The standard InChI is InChI=1S/C21H25NO4.CH4O.BrH/c1-22(11-12-2-3-12)9-8-20-17-13-4-5-14(23)18(17)26-19(20)15(24)6-7-21(20,25)16(22)10-13;1-2;/h4-5,12,16,19,25H,2-3,6-11H2,1H3;2H,1H3;1H/t16-,19+,20+,21-,22-;;/m1../s1. The number of aliphatic hydroxyl groups excluding tert-OH is 1. The molecule has 5 atom stereocenters. The van der Waals surface area contributed by atoms with Crippen molar-refractivity contribution in [3.8, 4) is 11.5 Å². The molecular formula is C22H30BrNO5. The molecule has 6 rings (SSSR count). The summed E-state index contributed by atoms with van der Waals surface area (Å²) in [7, 11) is 3.31. The zero-order valence-corrected chi connectivity index (χ0v) is 18.6. The van der Waals surface area contributed by atoms with Crippen molar-refractivity contribution < 1.29 is 46.3 Å². The Morgan fingerprint density at radius 1 is 1.24 bits per heavy atom. The zero-order valence-electron chi connectivity index (χ0n) is 17.0. The lowest BCUT2D eigenvalue weighted by Crippen LogP contribution is -3.00. The van der Waals surface area contributed by atoms with Crippen LogP contribution in [0.4, 0.5) is 0 Å². The number of phenols is 1. The number of quaternary nitrogens is 1. The Bertz CT molecular complexity index is 858.